The van der Waals surface area contributed by atoms with Crippen molar-refractivity contribution in [2.24, 2.45) is 5.92 Å². The molecule has 2 N–H and O–H groups in total. The van der Waals surface area contributed by atoms with Gasteiger partial charge in [0.25, 0.3) is 5.91 Å². The second-order valence-electron chi connectivity index (χ2n) is 8.22. The van der Waals surface area contributed by atoms with Crippen LogP contribution in [0.25, 0.3) is 0 Å². The lowest BCUT2D eigenvalue weighted by Crippen LogP contribution is -2.37. The second kappa shape index (κ2) is 10.7. The molecule has 1 aliphatic rings. The molecule has 1 saturated heterocycles. The zero-order valence-electron chi connectivity index (χ0n) is 18.3. The number of anilines is 2. The van der Waals surface area contributed by atoms with E-state index in [4.69, 9.17) is 4.74 Å². The molecule has 0 spiro atoms. The van der Waals surface area contributed by atoms with Crippen LogP contribution >= 0.6 is 0 Å². The van der Waals surface area contributed by atoms with E-state index < -0.39 is 0 Å². The third-order valence-electron chi connectivity index (χ3n) is 5.28. The Morgan fingerprint density at radius 1 is 1.03 bits per heavy atom. The van der Waals surface area contributed by atoms with Crippen molar-refractivity contribution in [3.8, 4) is 5.75 Å². The van der Waals surface area contributed by atoms with Crippen LogP contribution < -0.4 is 15.4 Å². The van der Waals surface area contributed by atoms with E-state index >= 15 is 0 Å². The summed E-state index contributed by atoms with van der Waals surface area (Å²) in [6, 6.07) is 14.5. The summed E-state index contributed by atoms with van der Waals surface area (Å²) >= 11 is 0. The molecule has 2 amide bonds. The van der Waals surface area contributed by atoms with Crippen molar-refractivity contribution in [2.45, 2.75) is 26.7 Å². The summed E-state index contributed by atoms with van der Waals surface area (Å²) in [6.45, 7) is 10.2. The Hall–Kier alpha value is -3.28. The lowest BCUT2D eigenvalue weighted by atomic mass is 9.98. The van der Waals surface area contributed by atoms with Crippen LogP contribution in [0.1, 0.15) is 37.0 Å². The minimum absolute atomic E-state index is 0.0575. The smallest absolute Gasteiger partial charge is 0.253 e. The van der Waals surface area contributed by atoms with Crippen LogP contribution in [0.2, 0.25) is 0 Å². The number of rotatable bonds is 8. The van der Waals surface area contributed by atoms with Crippen molar-refractivity contribution in [3.05, 3.63) is 66.2 Å². The summed E-state index contributed by atoms with van der Waals surface area (Å²) < 4.78 is 5.56. The minimum Gasteiger partial charge on any atom is -0.489 e. The molecule has 0 radical (unpaired) electrons. The molecule has 3 rings (SSSR count). The quantitative estimate of drug-likeness (QED) is 0.613. The lowest BCUT2D eigenvalue weighted by molar-refractivity contribution is -0.114. The molecule has 6 heteroatoms. The summed E-state index contributed by atoms with van der Waals surface area (Å²) in [7, 11) is 0. The van der Waals surface area contributed by atoms with Crippen LogP contribution in [-0.2, 0) is 4.79 Å². The minimum atomic E-state index is -0.160. The van der Waals surface area contributed by atoms with Crippen LogP contribution in [-0.4, -0.2) is 43.0 Å². The SMILES string of the molecule is C=C(C)COc1ccc(NCC(=O)Nc2ccc(C(=O)N3CCC(C)CC3)cc2)cc1. The fourth-order valence-corrected chi connectivity index (χ4v) is 3.35. The number of hydrogen-bond acceptors (Lipinski definition) is 4. The number of carbonyl (C=O) groups is 2. The highest BCUT2D eigenvalue weighted by atomic mass is 16.5. The Morgan fingerprint density at radius 2 is 1.65 bits per heavy atom. The molecule has 2 aromatic rings. The molecule has 0 aromatic heterocycles. The molecule has 164 valence electrons. The van der Waals surface area contributed by atoms with Crippen LogP contribution in [0, 0.1) is 5.92 Å². The molecular weight excluding hydrogens is 390 g/mol. The van der Waals surface area contributed by atoms with Gasteiger partial charge in [0.1, 0.15) is 12.4 Å². The Kier molecular flexibility index (Phi) is 7.70. The number of nitrogens with zero attached hydrogens (tertiary/aromatic N) is 1. The van der Waals surface area contributed by atoms with Crippen LogP contribution in [0.5, 0.6) is 5.75 Å². The summed E-state index contributed by atoms with van der Waals surface area (Å²) in [5.74, 6) is 1.34. The zero-order chi connectivity index (χ0) is 22.2. The van der Waals surface area contributed by atoms with Gasteiger partial charge in [-0.1, -0.05) is 13.5 Å². The van der Waals surface area contributed by atoms with Crippen molar-refractivity contribution < 1.29 is 14.3 Å². The van der Waals surface area contributed by atoms with Crippen molar-refractivity contribution in [2.75, 3.05) is 36.9 Å². The normalized spacial score (nSPS) is 14.1. The van der Waals surface area contributed by atoms with Gasteiger partial charge in [0.2, 0.25) is 5.91 Å². The van der Waals surface area contributed by atoms with Gasteiger partial charge in [0, 0.05) is 30.0 Å². The van der Waals surface area contributed by atoms with Gasteiger partial charge >= 0.3 is 0 Å². The number of amides is 2. The zero-order valence-corrected chi connectivity index (χ0v) is 18.3. The number of ether oxygens (including phenoxy) is 1. The predicted octanol–water partition coefficient (Wildman–Crippen LogP) is 4.56. The summed E-state index contributed by atoms with van der Waals surface area (Å²) in [5, 5.41) is 5.93. The monoisotopic (exact) mass is 421 g/mol. The average Bonchev–Trinajstić information content (AvgIpc) is 2.77. The fraction of sp³-hybridized carbons (Fsp3) is 0.360. The molecular formula is C25H31N3O3. The molecule has 0 aliphatic carbocycles. The van der Waals surface area contributed by atoms with E-state index in [1.165, 1.54) is 0 Å². The van der Waals surface area contributed by atoms with E-state index in [2.05, 4.69) is 24.1 Å². The standard InChI is InChI=1S/C25H31N3O3/c1-18(2)17-31-23-10-8-21(9-11-23)26-16-24(29)27-22-6-4-20(5-7-22)25(30)28-14-12-19(3)13-15-28/h4-11,19,26H,1,12-17H2,2-3H3,(H,27,29). The molecule has 1 heterocycles. The Bertz CT molecular complexity index is 899. The Labute approximate surface area is 184 Å². The molecule has 2 aromatic carbocycles. The van der Waals surface area contributed by atoms with Gasteiger partial charge in [-0.25, -0.2) is 0 Å². The van der Waals surface area contributed by atoms with E-state index in [-0.39, 0.29) is 18.4 Å². The Morgan fingerprint density at radius 3 is 2.26 bits per heavy atom. The highest BCUT2D eigenvalue weighted by Gasteiger charge is 2.21. The topological polar surface area (TPSA) is 70.7 Å². The maximum absolute atomic E-state index is 12.6. The third-order valence-corrected chi connectivity index (χ3v) is 5.28. The highest BCUT2D eigenvalue weighted by Crippen LogP contribution is 2.19. The highest BCUT2D eigenvalue weighted by molar-refractivity contribution is 5.96. The second-order valence-corrected chi connectivity index (χ2v) is 8.22. The van der Waals surface area contributed by atoms with E-state index in [1.807, 2.05) is 36.1 Å². The van der Waals surface area contributed by atoms with Crippen molar-refractivity contribution in [1.82, 2.24) is 4.90 Å². The first kappa shape index (κ1) is 22.4. The fourth-order valence-electron chi connectivity index (χ4n) is 3.35. The largest absolute Gasteiger partial charge is 0.489 e. The molecule has 0 atom stereocenters. The lowest BCUT2D eigenvalue weighted by Gasteiger charge is -2.30. The number of carbonyl (C=O) groups excluding carboxylic acids is 2. The van der Waals surface area contributed by atoms with Crippen LogP contribution in [0.15, 0.2) is 60.7 Å². The third kappa shape index (κ3) is 6.88. The molecule has 6 nitrogen and oxygen atoms in total. The first-order valence-corrected chi connectivity index (χ1v) is 10.7. The van der Waals surface area contributed by atoms with Gasteiger partial charge in [-0.3, -0.25) is 9.59 Å². The average molecular weight is 422 g/mol. The maximum atomic E-state index is 12.6. The molecule has 0 bridgehead atoms. The van der Waals surface area contributed by atoms with Crippen LogP contribution in [0.3, 0.4) is 0 Å². The van der Waals surface area contributed by atoms with E-state index in [0.29, 0.717) is 23.8 Å². The maximum Gasteiger partial charge on any atom is 0.253 e. The van der Waals surface area contributed by atoms with Crippen LogP contribution in [0.4, 0.5) is 11.4 Å². The summed E-state index contributed by atoms with van der Waals surface area (Å²) in [5.41, 5.74) is 3.10. The number of hydrogen-bond donors (Lipinski definition) is 2. The van der Waals surface area contributed by atoms with Gasteiger partial charge in [-0.15, -0.1) is 0 Å². The van der Waals surface area contributed by atoms with Crippen molar-refractivity contribution in [1.29, 1.82) is 0 Å². The molecule has 1 fully saturated rings. The number of piperidine rings is 1. The van der Waals surface area contributed by atoms with E-state index in [1.54, 1.807) is 24.3 Å². The predicted molar refractivity (Wildman–Crippen MR) is 125 cm³/mol. The summed E-state index contributed by atoms with van der Waals surface area (Å²) in [4.78, 5) is 26.8. The van der Waals surface area contributed by atoms with Gasteiger partial charge in [0.05, 0.1) is 6.54 Å². The molecule has 31 heavy (non-hydrogen) atoms. The molecule has 0 saturated carbocycles. The molecule has 0 unspecified atom stereocenters. The van der Waals surface area contributed by atoms with Gasteiger partial charge in [-0.05, 0) is 79.8 Å². The Balaban J connectivity index is 1.45. The van der Waals surface area contributed by atoms with E-state index in [9.17, 15) is 9.59 Å². The molecule has 1 aliphatic heterocycles. The first-order valence-electron chi connectivity index (χ1n) is 10.7. The van der Waals surface area contributed by atoms with Crippen molar-refractivity contribution >= 4 is 23.2 Å². The van der Waals surface area contributed by atoms with Gasteiger partial charge in [0.15, 0.2) is 0 Å². The summed E-state index contributed by atoms with van der Waals surface area (Å²) in [6.07, 6.45) is 2.11. The van der Waals surface area contributed by atoms with E-state index in [0.717, 1.165) is 42.9 Å². The van der Waals surface area contributed by atoms with Crippen molar-refractivity contribution in [3.63, 3.8) is 0 Å². The number of benzene rings is 2. The number of nitrogens with one attached hydrogen (secondary N) is 2. The first-order chi connectivity index (χ1) is 14.9. The number of likely N-dealkylation sites (tertiary alicyclic amines) is 1. The van der Waals surface area contributed by atoms with Gasteiger partial charge < -0.3 is 20.3 Å². The van der Waals surface area contributed by atoms with Gasteiger partial charge in [-0.2, -0.15) is 0 Å².